The van der Waals surface area contributed by atoms with E-state index < -0.39 is 0 Å². The maximum Gasteiger partial charge on any atom is 0.205 e. The van der Waals surface area contributed by atoms with E-state index in [1.54, 1.807) is 0 Å². The number of rotatable bonds is 6. The first-order valence-corrected chi connectivity index (χ1v) is 6.65. The van der Waals surface area contributed by atoms with Crippen LogP contribution in [0.4, 0.5) is 0 Å². The molecular formula is C14H18ClNO3. The molecule has 19 heavy (non-hydrogen) atoms. The first-order chi connectivity index (χ1) is 9.27. The number of allylic oxidation sites excluding steroid dienone is 1. The fraction of sp³-hybridized carbons (Fsp3) is 0.429. The molecule has 0 aliphatic carbocycles. The Kier molecular flexibility index (Phi) is 4.93. The minimum absolute atomic E-state index is 0.503. The van der Waals surface area contributed by atoms with Crippen LogP contribution >= 0.6 is 11.6 Å². The summed E-state index contributed by atoms with van der Waals surface area (Å²) in [5.41, 5.74) is 0.968. The Morgan fingerprint density at radius 2 is 2.16 bits per heavy atom. The van der Waals surface area contributed by atoms with Gasteiger partial charge in [0.15, 0.2) is 11.5 Å². The topological polar surface area (TPSA) is 39.7 Å². The van der Waals surface area contributed by atoms with Gasteiger partial charge in [-0.25, -0.2) is 0 Å². The maximum atomic E-state index is 6.27. The zero-order valence-electron chi connectivity index (χ0n) is 11.0. The van der Waals surface area contributed by atoms with Crippen molar-refractivity contribution in [3.8, 4) is 17.2 Å². The van der Waals surface area contributed by atoms with Crippen LogP contribution in [0.25, 0.3) is 0 Å². The van der Waals surface area contributed by atoms with Crippen LogP contribution in [0.1, 0.15) is 5.56 Å². The predicted octanol–water partition coefficient (Wildman–Crippen LogP) is 2.44. The van der Waals surface area contributed by atoms with E-state index in [4.69, 9.17) is 25.8 Å². The molecule has 0 saturated carbocycles. The summed E-state index contributed by atoms with van der Waals surface area (Å²) in [6, 6.07) is 1.85. The van der Waals surface area contributed by atoms with Gasteiger partial charge in [-0.3, -0.25) is 0 Å². The molecule has 104 valence electrons. The highest BCUT2D eigenvalue weighted by atomic mass is 35.5. The molecule has 0 fully saturated rings. The molecule has 0 spiro atoms. The Labute approximate surface area is 118 Å². The molecule has 5 heteroatoms. The number of fused-ring (bicyclic) bond motifs is 1. The number of benzene rings is 1. The standard InChI is InChI=1S/C14H18ClNO3/c1-3-4-10-9-11(15)13(17-6-5-16-2)14-12(10)18-7-8-19-14/h3,9,16H,1,4-8H2,2H3. The van der Waals surface area contributed by atoms with Crippen LogP contribution in [0, 0.1) is 0 Å². The van der Waals surface area contributed by atoms with Crippen LogP contribution in [0.15, 0.2) is 18.7 Å². The molecule has 1 aliphatic rings. The summed E-state index contributed by atoms with van der Waals surface area (Å²) in [7, 11) is 1.87. The van der Waals surface area contributed by atoms with Crippen LogP contribution in [-0.2, 0) is 6.42 Å². The highest BCUT2D eigenvalue weighted by molar-refractivity contribution is 6.32. The summed E-state index contributed by atoms with van der Waals surface area (Å²) >= 11 is 6.27. The van der Waals surface area contributed by atoms with E-state index in [1.807, 2.05) is 19.2 Å². The molecule has 1 N–H and O–H groups in total. The molecule has 2 rings (SSSR count). The van der Waals surface area contributed by atoms with Crippen molar-refractivity contribution in [1.82, 2.24) is 5.32 Å². The first-order valence-electron chi connectivity index (χ1n) is 6.27. The molecule has 0 unspecified atom stereocenters. The molecule has 0 saturated heterocycles. The van der Waals surface area contributed by atoms with Gasteiger partial charge in [-0.2, -0.15) is 0 Å². The van der Waals surface area contributed by atoms with E-state index in [0.717, 1.165) is 17.9 Å². The predicted molar refractivity (Wildman–Crippen MR) is 75.8 cm³/mol. The third-order valence-corrected chi connectivity index (χ3v) is 3.04. The molecule has 0 aromatic heterocycles. The first kappa shape index (κ1) is 14.0. The highest BCUT2D eigenvalue weighted by Gasteiger charge is 2.23. The van der Waals surface area contributed by atoms with Gasteiger partial charge < -0.3 is 19.5 Å². The Morgan fingerprint density at radius 1 is 1.42 bits per heavy atom. The average molecular weight is 284 g/mol. The number of hydrogen-bond acceptors (Lipinski definition) is 4. The van der Waals surface area contributed by atoms with E-state index in [9.17, 15) is 0 Å². The second kappa shape index (κ2) is 6.68. The van der Waals surface area contributed by atoms with Crippen LogP contribution in [-0.4, -0.2) is 33.4 Å². The number of ether oxygens (including phenoxy) is 3. The lowest BCUT2D eigenvalue weighted by Gasteiger charge is -2.24. The molecule has 4 nitrogen and oxygen atoms in total. The lowest BCUT2D eigenvalue weighted by molar-refractivity contribution is 0.161. The summed E-state index contributed by atoms with van der Waals surface area (Å²) in [5, 5.41) is 3.55. The van der Waals surface area contributed by atoms with Crippen molar-refractivity contribution in [3.05, 3.63) is 29.3 Å². The van der Waals surface area contributed by atoms with Crippen LogP contribution in [0.3, 0.4) is 0 Å². The van der Waals surface area contributed by atoms with Crippen LogP contribution in [0.2, 0.25) is 5.02 Å². The number of nitrogens with one attached hydrogen (secondary N) is 1. The number of halogens is 1. The van der Waals surface area contributed by atoms with Crippen LogP contribution < -0.4 is 19.5 Å². The van der Waals surface area contributed by atoms with Gasteiger partial charge in [-0.1, -0.05) is 17.7 Å². The molecule has 0 bridgehead atoms. The zero-order chi connectivity index (χ0) is 13.7. The largest absolute Gasteiger partial charge is 0.487 e. The van der Waals surface area contributed by atoms with Gasteiger partial charge >= 0.3 is 0 Å². The van der Waals surface area contributed by atoms with Gasteiger partial charge in [0.1, 0.15) is 19.8 Å². The third kappa shape index (κ3) is 3.14. The average Bonchev–Trinajstić information content (AvgIpc) is 2.42. The van der Waals surface area contributed by atoms with Gasteiger partial charge in [-0.05, 0) is 19.5 Å². The minimum Gasteiger partial charge on any atom is -0.487 e. The Balaban J connectivity index is 2.34. The van der Waals surface area contributed by atoms with Crippen molar-refractivity contribution in [2.75, 3.05) is 33.4 Å². The van der Waals surface area contributed by atoms with Crippen molar-refractivity contribution < 1.29 is 14.2 Å². The second-order valence-corrected chi connectivity index (χ2v) is 4.55. The van der Waals surface area contributed by atoms with Crippen molar-refractivity contribution >= 4 is 11.6 Å². The summed E-state index contributed by atoms with van der Waals surface area (Å²) in [6.07, 6.45) is 2.49. The number of likely N-dealkylation sites (N-methyl/N-ethyl adjacent to an activating group) is 1. The number of hydrogen-bond donors (Lipinski definition) is 1. The van der Waals surface area contributed by atoms with Gasteiger partial charge in [0, 0.05) is 12.1 Å². The molecule has 0 amide bonds. The van der Waals surface area contributed by atoms with E-state index in [-0.39, 0.29) is 0 Å². The summed E-state index contributed by atoms with van der Waals surface area (Å²) in [6.45, 7) is 6.04. The van der Waals surface area contributed by atoms with Crippen molar-refractivity contribution in [2.45, 2.75) is 6.42 Å². The Bertz CT molecular complexity index is 462. The quantitative estimate of drug-likeness (QED) is 0.643. The summed E-state index contributed by atoms with van der Waals surface area (Å²) in [4.78, 5) is 0. The molecule has 1 aliphatic heterocycles. The van der Waals surface area contributed by atoms with Gasteiger partial charge in [0.25, 0.3) is 0 Å². The van der Waals surface area contributed by atoms with E-state index in [2.05, 4.69) is 11.9 Å². The Morgan fingerprint density at radius 3 is 2.84 bits per heavy atom. The van der Waals surface area contributed by atoms with Crippen molar-refractivity contribution in [3.63, 3.8) is 0 Å². The van der Waals surface area contributed by atoms with E-state index in [1.165, 1.54) is 0 Å². The van der Waals surface area contributed by atoms with Gasteiger partial charge in [0.2, 0.25) is 5.75 Å². The minimum atomic E-state index is 0.503. The van der Waals surface area contributed by atoms with Gasteiger partial charge in [-0.15, -0.1) is 6.58 Å². The summed E-state index contributed by atoms with van der Waals surface area (Å²) < 4.78 is 17.0. The fourth-order valence-electron chi connectivity index (χ4n) is 1.92. The molecule has 0 atom stereocenters. The van der Waals surface area contributed by atoms with Gasteiger partial charge in [0.05, 0.1) is 5.02 Å². The van der Waals surface area contributed by atoms with Crippen molar-refractivity contribution in [2.24, 2.45) is 0 Å². The Hall–Kier alpha value is -1.39. The highest BCUT2D eigenvalue weighted by Crippen LogP contribution is 2.46. The van der Waals surface area contributed by atoms with Crippen molar-refractivity contribution in [1.29, 1.82) is 0 Å². The fourth-order valence-corrected chi connectivity index (χ4v) is 2.19. The molecule has 1 heterocycles. The zero-order valence-corrected chi connectivity index (χ0v) is 11.8. The van der Waals surface area contributed by atoms with E-state index in [0.29, 0.717) is 42.8 Å². The van der Waals surface area contributed by atoms with E-state index >= 15 is 0 Å². The lowest BCUT2D eigenvalue weighted by Crippen LogP contribution is -2.20. The third-order valence-electron chi connectivity index (χ3n) is 2.76. The molecule has 1 aromatic rings. The summed E-state index contributed by atoms with van der Waals surface area (Å²) in [5.74, 6) is 1.88. The normalized spacial score (nSPS) is 13.2. The monoisotopic (exact) mass is 283 g/mol. The second-order valence-electron chi connectivity index (χ2n) is 4.15. The maximum absolute atomic E-state index is 6.27. The molecule has 1 aromatic carbocycles. The molecular weight excluding hydrogens is 266 g/mol. The molecule has 0 radical (unpaired) electrons. The van der Waals surface area contributed by atoms with Crippen LogP contribution in [0.5, 0.6) is 17.2 Å². The lowest BCUT2D eigenvalue weighted by atomic mass is 10.1. The SMILES string of the molecule is C=CCc1cc(Cl)c(OCCNC)c2c1OCCO2. The smallest absolute Gasteiger partial charge is 0.205 e.